The number of nitro groups is 1. The number of hydrogen-bond donors (Lipinski definition) is 0. The Bertz CT molecular complexity index is 904. The number of benzene rings is 2. The second-order valence-corrected chi connectivity index (χ2v) is 5.41. The van der Waals surface area contributed by atoms with Crippen LogP contribution in [0.1, 0.15) is 15.9 Å². The van der Waals surface area contributed by atoms with Gasteiger partial charge in [-0.05, 0) is 24.3 Å². The van der Waals surface area contributed by atoms with Crippen molar-refractivity contribution < 1.29 is 42.2 Å². The van der Waals surface area contributed by atoms with Crippen molar-refractivity contribution in [1.82, 2.24) is 0 Å². The number of methoxy groups -OCH3 is 3. The molecule has 0 aromatic heterocycles. The molecule has 2 aromatic rings. The number of alkyl halides is 2. The van der Waals surface area contributed by atoms with Gasteiger partial charge in [0.25, 0.3) is 5.69 Å². The van der Waals surface area contributed by atoms with Crippen molar-refractivity contribution in [2.24, 2.45) is 0 Å². The topological polar surface area (TPSA) is 106 Å². The van der Waals surface area contributed by atoms with E-state index < -0.39 is 35.5 Å². The van der Waals surface area contributed by atoms with Crippen LogP contribution in [-0.2, 0) is 11.3 Å². The Kier molecular flexibility index (Phi) is 7.12. The molecular weight excluding hydrogens is 396 g/mol. The largest absolute Gasteiger partial charge is 0.493 e. The lowest BCUT2D eigenvalue weighted by molar-refractivity contribution is -0.386. The second-order valence-electron chi connectivity index (χ2n) is 5.41. The molecule has 0 atom stereocenters. The van der Waals surface area contributed by atoms with Crippen molar-refractivity contribution in [2.45, 2.75) is 13.2 Å². The van der Waals surface area contributed by atoms with Crippen molar-refractivity contribution in [3.8, 4) is 23.0 Å². The molecule has 0 saturated heterocycles. The van der Waals surface area contributed by atoms with E-state index in [1.165, 1.54) is 39.5 Å². The summed E-state index contributed by atoms with van der Waals surface area (Å²) >= 11 is 0. The van der Waals surface area contributed by atoms with Gasteiger partial charge in [0.05, 0.1) is 43.4 Å². The third-order valence-corrected chi connectivity index (χ3v) is 3.76. The minimum atomic E-state index is -3.20. The van der Waals surface area contributed by atoms with Crippen molar-refractivity contribution in [1.29, 1.82) is 0 Å². The molecular formula is C18H17F2NO8. The van der Waals surface area contributed by atoms with Gasteiger partial charge in [-0.2, -0.15) is 8.78 Å². The van der Waals surface area contributed by atoms with Crippen LogP contribution >= 0.6 is 0 Å². The van der Waals surface area contributed by atoms with E-state index in [-0.39, 0.29) is 16.9 Å². The van der Waals surface area contributed by atoms with Gasteiger partial charge in [-0.15, -0.1) is 0 Å². The number of carbonyl (C=O) groups is 1. The highest BCUT2D eigenvalue weighted by Crippen LogP contribution is 2.36. The van der Waals surface area contributed by atoms with E-state index in [0.29, 0.717) is 11.5 Å². The minimum absolute atomic E-state index is 0.0673. The minimum Gasteiger partial charge on any atom is -0.493 e. The summed E-state index contributed by atoms with van der Waals surface area (Å²) in [6.07, 6.45) is 0. The molecule has 0 radical (unpaired) electrons. The zero-order valence-corrected chi connectivity index (χ0v) is 15.6. The monoisotopic (exact) mass is 413 g/mol. The molecule has 0 unspecified atom stereocenters. The zero-order chi connectivity index (χ0) is 21.6. The highest BCUT2D eigenvalue weighted by Gasteiger charge is 2.23. The SMILES string of the molecule is COc1ccc(C(=O)OCc2cc(OC)c(OC(F)F)cc2[N+](=O)[O-])cc1OC. The molecule has 2 rings (SSSR count). The summed E-state index contributed by atoms with van der Waals surface area (Å²) in [7, 11) is 4.01. The van der Waals surface area contributed by atoms with E-state index >= 15 is 0 Å². The van der Waals surface area contributed by atoms with Crippen LogP contribution in [0, 0.1) is 10.1 Å². The number of nitrogens with zero attached hydrogens (tertiary/aromatic N) is 1. The number of nitro benzene ring substituents is 1. The van der Waals surface area contributed by atoms with E-state index in [1.54, 1.807) is 0 Å². The number of esters is 1. The fourth-order valence-electron chi connectivity index (χ4n) is 2.41. The molecule has 0 aliphatic rings. The van der Waals surface area contributed by atoms with E-state index in [2.05, 4.69) is 4.74 Å². The zero-order valence-electron chi connectivity index (χ0n) is 15.6. The Morgan fingerprint density at radius 1 is 1.00 bits per heavy atom. The normalized spacial score (nSPS) is 10.4. The fourth-order valence-corrected chi connectivity index (χ4v) is 2.41. The summed E-state index contributed by atoms with van der Waals surface area (Å²) in [5, 5.41) is 11.3. The highest BCUT2D eigenvalue weighted by atomic mass is 19.3. The molecule has 0 saturated carbocycles. The average Bonchev–Trinajstić information content (AvgIpc) is 2.70. The molecule has 0 bridgehead atoms. The summed E-state index contributed by atoms with van der Waals surface area (Å²) in [5.74, 6) is -0.772. The van der Waals surface area contributed by atoms with E-state index in [4.69, 9.17) is 18.9 Å². The van der Waals surface area contributed by atoms with Crippen LogP contribution in [0.3, 0.4) is 0 Å². The van der Waals surface area contributed by atoms with Crippen LogP contribution in [0.4, 0.5) is 14.5 Å². The standard InChI is InChI=1S/C18H17F2NO8/c1-25-13-5-4-10(6-14(13)26-2)17(22)28-9-11-7-15(27-3)16(29-18(19)20)8-12(11)21(23)24/h4-8,18H,9H2,1-3H3. The number of carbonyl (C=O) groups excluding carboxylic acids is 1. The van der Waals surface area contributed by atoms with Crippen LogP contribution in [0.15, 0.2) is 30.3 Å². The van der Waals surface area contributed by atoms with Crippen LogP contribution in [-0.4, -0.2) is 38.8 Å². The van der Waals surface area contributed by atoms with Gasteiger partial charge >= 0.3 is 12.6 Å². The van der Waals surface area contributed by atoms with Gasteiger partial charge in [0.15, 0.2) is 23.0 Å². The molecule has 0 N–H and O–H groups in total. The molecule has 0 spiro atoms. The lowest BCUT2D eigenvalue weighted by atomic mass is 10.1. The molecule has 0 aliphatic carbocycles. The van der Waals surface area contributed by atoms with E-state index in [1.807, 2.05) is 0 Å². The van der Waals surface area contributed by atoms with Crippen molar-refractivity contribution in [3.05, 3.63) is 51.6 Å². The van der Waals surface area contributed by atoms with Crippen molar-refractivity contribution >= 4 is 11.7 Å². The van der Waals surface area contributed by atoms with Crippen molar-refractivity contribution in [2.75, 3.05) is 21.3 Å². The lowest BCUT2D eigenvalue weighted by Crippen LogP contribution is -2.09. The highest BCUT2D eigenvalue weighted by molar-refractivity contribution is 5.90. The smallest absolute Gasteiger partial charge is 0.387 e. The summed E-state index contributed by atoms with van der Waals surface area (Å²) in [4.78, 5) is 22.8. The number of halogens is 2. The first-order chi connectivity index (χ1) is 13.8. The molecule has 0 amide bonds. The van der Waals surface area contributed by atoms with Gasteiger partial charge in [0, 0.05) is 0 Å². The van der Waals surface area contributed by atoms with Crippen LogP contribution in [0.2, 0.25) is 0 Å². The Morgan fingerprint density at radius 2 is 1.62 bits per heavy atom. The molecule has 156 valence electrons. The van der Waals surface area contributed by atoms with Gasteiger partial charge in [0.2, 0.25) is 0 Å². The summed E-state index contributed by atoms with van der Waals surface area (Å²) in [5.41, 5.74) is -0.515. The Morgan fingerprint density at radius 3 is 2.17 bits per heavy atom. The molecule has 2 aromatic carbocycles. The lowest BCUT2D eigenvalue weighted by Gasteiger charge is -2.13. The van der Waals surface area contributed by atoms with Crippen LogP contribution in [0.5, 0.6) is 23.0 Å². The molecule has 0 aliphatic heterocycles. The first-order valence-corrected chi connectivity index (χ1v) is 8.00. The van der Waals surface area contributed by atoms with Gasteiger partial charge in [-0.25, -0.2) is 4.79 Å². The molecule has 9 nitrogen and oxygen atoms in total. The maximum atomic E-state index is 12.5. The Labute approximate surface area is 163 Å². The third kappa shape index (κ3) is 5.21. The van der Waals surface area contributed by atoms with Gasteiger partial charge in [-0.1, -0.05) is 0 Å². The predicted molar refractivity (Wildman–Crippen MR) is 94.9 cm³/mol. The number of rotatable bonds is 9. The van der Waals surface area contributed by atoms with Crippen LogP contribution in [0.25, 0.3) is 0 Å². The Hall–Kier alpha value is -3.63. The van der Waals surface area contributed by atoms with E-state index in [0.717, 1.165) is 12.1 Å². The Balaban J connectivity index is 2.27. The quantitative estimate of drug-likeness (QED) is 0.349. The maximum absolute atomic E-state index is 12.5. The predicted octanol–water partition coefficient (Wildman–Crippen LogP) is 3.58. The number of hydrogen-bond acceptors (Lipinski definition) is 8. The molecule has 11 heteroatoms. The van der Waals surface area contributed by atoms with Gasteiger partial charge in [-0.3, -0.25) is 10.1 Å². The first-order valence-electron chi connectivity index (χ1n) is 8.00. The van der Waals surface area contributed by atoms with Gasteiger partial charge in [0.1, 0.15) is 6.61 Å². The second kappa shape index (κ2) is 9.53. The summed E-state index contributed by atoms with van der Waals surface area (Å²) < 4.78 is 49.4. The summed E-state index contributed by atoms with van der Waals surface area (Å²) in [6, 6.07) is 6.19. The third-order valence-electron chi connectivity index (χ3n) is 3.76. The van der Waals surface area contributed by atoms with Crippen molar-refractivity contribution in [3.63, 3.8) is 0 Å². The maximum Gasteiger partial charge on any atom is 0.387 e. The van der Waals surface area contributed by atoms with E-state index in [9.17, 15) is 23.7 Å². The number of ether oxygens (including phenoxy) is 5. The fraction of sp³-hybridized carbons (Fsp3) is 0.278. The molecule has 29 heavy (non-hydrogen) atoms. The molecule has 0 heterocycles. The first kappa shape index (κ1) is 21.7. The summed E-state index contributed by atoms with van der Waals surface area (Å²) in [6.45, 7) is -3.70. The van der Waals surface area contributed by atoms with Gasteiger partial charge < -0.3 is 23.7 Å². The average molecular weight is 413 g/mol. The molecule has 0 fully saturated rings. The van der Waals surface area contributed by atoms with Crippen LogP contribution < -0.4 is 18.9 Å².